The van der Waals surface area contributed by atoms with Gasteiger partial charge in [0.15, 0.2) is 17.5 Å². The number of hydrogen-bond donors (Lipinski definition) is 2. The van der Waals surface area contributed by atoms with Crippen molar-refractivity contribution in [2.45, 2.75) is 12.8 Å². The highest BCUT2D eigenvalue weighted by Crippen LogP contribution is 2.32. The van der Waals surface area contributed by atoms with Gasteiger partial charge in [0.05, 0.1) is 19.8 Å². The highest BCUT2D eigenvalue weighted by Gasteiger charge is 2.24. The number of rotatable bonds is 3. The fourth-order valence-corrected chi connectivity index (χ4v) is 3.41. The van der Waals surface area contributed by atoms with Crippen molar-refractivity contribution in [1.82, 2.24) is 5.32 Å². The van der Waals surface area contributed by atoms with Gasteiger partial charge in [0.25, 0.3) is 0 Å². The third kappa shape index (κ3) is 3.88. The van der Waals surface area contributed by atoms with E-state index >= 15 is 0 Å². The normalized spacial score (nSPS) is 15.6. The SMILES string of the molecule is CN=C(NCC(=O)N1CCc2ccccc21)Nc1ccc2c(c1)OCCCO2. The van der Waals surface area contributed by atoms with Crippen molar-refractivity contribution in [3.63, 3.8) is 0 Å². The van der Waals surface area contributed by atoms with Gasteiger partial charge in [-0.25, -0.2) is 0 Å². The highest BCUT2D eigenvalue weighted by molar-refractivity contribution is 6.01. The molecule has 2 aliphatic rings. The van der Waals surface area contributed by atoms with Crippen molar-refractivity contribution in [3.8, 4) is 11.5 Å². The number of ether oxygens (including phenoxy) is 2. The minimum atomic E-state index is 0.0200. The van der Waals surface area contributed by atoms with E-state index < -0.39 is 0 Å². The highest BCUT2D eigenvalue weighted by atomic mass is 16.5. The van der Waals surface area contributed by atoms with Crippen LogP contribution in [0.25, 0.3) is 0 Å². The van der Waals surface area contributed by atoms with Gasteiger partial charge < -0.3 is 25.0 Å². The van der Waals surface area contributed by atoms with Crippen molar-refractivity contribution in [2.24, 2.45) is 4.99 Å². The molecular formula is C21H24N4O3. The number of carbonyl (C=O) groups is 1. The largest absolute Gasteiger partial charge is 0.490 e. The molecule has 0 saturated carbocycles. The fraction of sp³-hybridized carbons (Fsp3) is 0.333. The monoisotopic (exact) mass is 380 g/mol. The van der Waals surface area contributed by atoms with Gasteiger partial charge in [-0.1, -0.05) is 18.2 Å². The van der Waals surface area contributed by atoms with E-state index in [4.69, 9.17) is 9.47 Å². The van der Waals surface area contributed by atoms with Crippen LogP contribution < -0.4 is 25.0 Å². The summed E-state index contributed by atoms with van der Waals surface area (Å²) in [5.41, 5.74) is 3.03. The molecule has 1 amide bonds. The lowest BCUT2D eigenvalue weighted by Gasteiger charge is -2.19. The van der Waals surface area contributed by atoms with Gasteiger partial charge in [0.2, 0.25) is 5.91 Å². The molecule has 2 aromatic rings. The van der Waals surface area contributed by atoms with E-state index in [-0.39, 0.29) is 12.5 Å². The first-order valence-electron chi connectivity index (χ1n) is 9.50. The second-order valence-corrected chi connectivity index (χ2v) is 6.69. The van der Waals surface area contributed by atoms with Gasteiger partial charge in [-0.15, -0.1) is 0 Å². The molecule has 0 atom stereocenters. The fourth-order valence-electron chi connectivity index (χ4n) is 3.41. The van der Waals surface area contributed by atoms with Gasteiger partial charge in [0.1, 0.15) is 0 Å². The Bertz CT molecular complexity index is 897. The number of fused-ring (bicyclic) bond motifs is 2. The first-order valence-corrected chi connectivity index (χ1v) is 9.50. The molecule has 0 aliphatic carbocycles. The van der Waals surface area contributed by atoms with E-state index in [2.05, 4.69) is 21.7 Å². The molecule has 0 fully saturated rings. The molecule has 7 heteroatoms. The van der Waals surface area contributed by atoms with E-state index in [0.29, 0.717) is 31.5 Å². The van der Waals surface area contributed by atoms with Crippen LogP contribution in [-0.4, -0.2) is 45.2 Å². The van der Waals surface area contributed by atoms with Crippen LogP contribution in [0.5, 0.6) is 11.5 Å². The molecule has 2 heterocycles. The lowest BCUT2D eigenvalue weighted by Crippen LogP contribution is -2.41. The van der Waals surface area contributed by atoms with Crippen LogP contribution >= 0.6 is 0 Å². The molecule has 2 N–H and O–H groups in total. The van der Waals surface area contributed by atoms with Crippen molar-refractivity contribution in [3.05, 3.63) is 48.0 Å². The third-order valence-corrected chi connectivity index (χ3v) is 4.83. The second kappa shape index (κ2) is 8.21. The molecule has 0 unspecified atom stereocenters. The zero-order valence-electron chi connectivity index (χ0n) is 15.9. The van der Waals surface area contributed by atoms with E-state index in [1.54, 1.807) is 7.05 Å². The lowest BCUT2D eigenvalue weighted by molar-refractivity contribution is -0.117. The van der Waals surface area contributed by atoms with E-state index in [1.807, 2.05) is 41.3 Å². The van der Waals surface area contributed by atoms with Gasteiger partial charge in [-0.05, 0) is 30.2 Å². The summed E-state index contributed by atoms with van der Waals surface area (Å²) >= 11 is 0. The van der Waals surface area contributed by atoms with Crippen LogP contribution in [0.1, 0.15) is 12.0 Å². The van der Waals surface area contributed by atoms with Gasteiger partial charge >= 0.3 is 0 Å². The number of nitrogens with one attached hydrogen (secondary N) is 2. The Balaban J connectivity index is 1.37. The van der Waals surface area contributed by atoms with Crippen molar-refractivity contribution in [2.75, 3.05) is 43.6 Å². The number of carbonyl (C=O) groups excluding carboxylic acids is 1. The second-order valence-electron chi connectivity index (χ2n) is 6.69. The Morgan fingerprint density at radius 2 is 1.96 bits per heavy atom. The van der Waals surface area contributed by atoms with Crippen LogP contribution in [0.4, 0.5) is 11.4 Å². The molecule has 0 aromatic heterocycles. The summed E-state index contributed by atoms with van der Waals surface area (Å²) in [5.74, 6) is 2.00. The molecular weight excluding hydrogens is 356 g/mol. The standard InChI is InChI=1S/C21H24N4O3/c1-22-21(24-16-7-8-18-19(13-16)28-12-4-11-27-18)23-14-20(26)25-10-9-15-5-2-3-6-17(15)25/h2-3,5-8,13H,4,9-12,14H2,1H3,(H2,22,23,24). The maximum atomic E-state index is 12.7. The molecule has 2 aromatic carbocycles. The summed E-state index contributed by atoms with van der Waals surface area (Å²) in [6, 6.07) is 13.7. The van der Waals surface area contributed by atoms with Crippen LogP contribution in [0, 0.1) is 0 Å². The maximum Gasteiger partial charge on any atom is 0.246 e. The minimum absolute atomic E-state index is 0.0200. The number of benzene rings is 2. The summed E-state index contributed by atoms with van der Waals surface area (Å²) in [7, 11) is 1.67. The third-order valence-electron chi connectivity index (χ3n) is 4.83. The Labute approximate surface area is 164 Å². The Morgan fingerprint density at radius 3 is 2.82 bits per heavy atom. The molecule has 146 valence electrons. The van der Waals surface area contributed by atoms with Crippen LogP contribution in [0.15, 0.2) is 47.5 Å². The van der Waals surface area contributed by atoms with Gasteiger partial charge in [-0.3, -0.25) is 9.79 Å². The minimum Gasteiger partial charge on any atom is -0.490 e. The summed E-state index contributed by atoms with van der Waals surface area (Å²) in [4.78, 5) is 18.7. The number of hydrogen-bond acceptors (Lipinski definition) is 4. The topological polar surface area (TPSA) is 75.2 Å². The predicted octanol–water partition coefficient (Wildman–Crippen LogP) is 2.42. The zero-order valence-corrected chi connectivity index (χ0v) is 15.9. The Hall–Kier alpha value is -3.22. The molecule has 0 bridgehead atoms. The quantitative estimate of drug-likeness (QED) is 0.632. The molecule has 0 saturated heterocycles. The number of guanidine groups is 1. The Kier molecular flexibility index (Phi) is 5.32. The number of nitrogens with zero attached hydrogens (tertiary/aromatic N) is 2. The number of anilines is 2. The van der Waals surface area contributed by atoms with E-state index in [9.17, 15) is 4.79 Å². The first-order chi connectivity index (χ1) is 13.7. The summed E-state index contributed by atoms with van der Waals surface area (Å²) in [6.07, 6.45) is 1.76. The Morgan fingerprint density at radius 1 is 1.14 bits per heavy atom. The van der Waals surface area contributed by atoms with Crippen molar-refractivity contribution in [1.29, 1.82) is 0 Å². The van der Waals surface area contributed by atoms with E-state index in [1.165, 1.54) is 5.56 Å². The van der Waals surface area contributed by atoms with Crippen LogP contribution in [0.2, 0.25) is 0 Å². The average Bonchev–Trinajstić information content (AvgIpc) is 3.02. The number of amides is 1. The van der Waals surface area contributed by atoms with Crippen LogP contribution in [0.3, 0.4) is 0 Å². The van der Waals surface area contributed by atoms with Gasteiger partial charge in [0, 0.05) is 37.5 Å². The average molecular weight is 380 g/mol. The van der Waals surface area contributed by atoms with Gasteiger partial charge in [-0.2, -0.15) is 0 Å². The molecule has 7 nitrogen and oxygen atoms in total. The summed E-state index contributed by atoms with van der Waals surface area (Å²) < 4.78 is 11.4. The first kappa shape index (κ1) is 18.2. The summed E-state index contributed by atoms with van der Waals surface area (Å²) in [5, 5.41) is 6.29. The van der Waals surface area contributed by atoms with Crippen LogP contribution in [-0.2, 0) is 11.2 Å². The summed E-state index contributed by atoms with van der Waals surface area (Å²) in [6.45, 7) is 2.17. The van der Waals surface area contributed by atoms with Crippen molar-refractivity contribution < 1.29 is 14.3 Å². The molecule has 4 rings (SSSR count). The lowest BCUT2D eigenvalue weighted by atomic mass is 10.2. The molecule has 2 aliphatic heterocycles. The van der Waals surface area contributed by atoms with Crippen molar-refractivity contribution >= 4 is 23.2 Å². The molecule has 28 heavy (non-hydrogen) atoms. The molecule has 0 radical (unpaired) electrons. The maximum absolute atomic E-state index is 12.7. The smallest absolute Gasteiger partial charge is 0.246 e. The zero-order chi connectivity index (χ0) is 19.3. The molecule has 0 spiro atoms. The van der Waals surface area contributed by atoms with E-state index in [0.717, 1.165) is 30.0 Å². The number of para-hydroxylation sites is 1. The number of aliphatic imine (C=N–C) groups is 1. The predicted molar refractivity (Wildman–Crippen MR) is 110 cm³/mol.